The molecule has 2 aromatic rings. The van der Waals surface area contributed by atoms with Crippen molar-refractivity contribution in [1.82, 2.24) is 15.1 Å². The number of imide groups is 1. The first-order valence-corrected chi connectivity index (χ1v) is 13.4. The van der Waals surface area contributed by atoms with Crippen molar-refractivity contribution < 1.29 is 9.59 Å². The minimum atomic E-state index is -0.770. The van der Waals surface area contributed by atoms with Crippen molar-refractivity contribution in [3.63, 3.8) is 0 Å². The Bertz CT molecular complexity index is 1040. The highest BCUT2D eigenvalue weighted by Crippen LogP contribution is 2.44. The highest BCUT2D eigenvalue weighted by Gasteiger charge is 2.56. The lowest BCUT2D eigenvalue weighted by atomic mass is 9.69. The molecule has 2 saturated heterocycles. The Morgan fingerprint density at radius 2 is 1.69 bits per heavy atom. The fraction of sp³-hybridized carbons (Fsp3) is 0.500. The van der Waals surface area contributed by atoms with E-state index in [0.717, 1.165) is 81.8 Å². The van der Waals surface area contributed by atoms with Gasteiger partial charge in [-0.3, -0.25) is 14.6 Å². The van der Waals surface area contributed by atoms with Crippen LogP contribution in [0.4, 0.5) is 10.5 Å². The summed E-state index contributed by atoms with van der Waals surface area (Å²) in [6, 6.07) is 18.0. The summed E-state index contributed by atoms with van der Waals surface area (Å²) in [6.45, 7) is 5.48. The third-order valence-electron chi connectivity index (χ3n) is 7.96. The summed E-state index contributed by atoms with van der Waals surface area (Å²) in [5.74, 6) is 0.0286. The predicted octanol–water partition coefficient (Wildman–Crippen LogP) is 4.89. The van der Waals surface area contributed by atoms with Gasteiger partial charge >= 0.3 is 6.03 Å². The smallest absolute Gasteiger partial charge is 0.325 e. The summed E-state index contributed by atoms with van der Waals surface area (Å²) in [7, 11) is 0. The molecule has 3 aliphatic rings. The van der Waals surface area contributed by atoms with E-state index >= 15 is 0 Å². The molecule has 0 bridgehead atoms. The monoisotopic (exact) mass is 494 g/mol. The topological polar surface area (TPSA) is 55.9 Å². The van der Waals surface area contributed by atoms with E-state index in [2.05, 4.69) is 33.3 Å². The van der Waals surface area contributed by atoms with Crippen molar-refractivity contribution in [1.29, 1.82) is 0 Å². The predicted molar refractivity (Wildman–Crippen MR) is 140 cm³/mol. The number of urea groups is 1. The van der Waals surface area contributed by atoms with Crippen LogP contribution >= 0.6 is 11.6 Å². The Kier molecular flexibility index (Phi) is 7.30. The van der Waals surface area contributed by atoms with Gasteiger partial charge < -0.3 is 10.2 Å². The quantitative estimate of drug-likeness (QED) is 0.440. The summed E-state index contributed by atoms with van der Waals surface area (Å²) in [5, 5.41) is 3.92. The van der Waals surface area contributed by atoms with Gasteiger partial charge in [0, 0.05) is 49.4 Å². The molecule has 6 nitrogen and oxygen atoms in total. The Morgan fingerprint density at radius 1 is 0.914 bits per heavy atom. The number of carbonyl (C=O) groups excluding carboxylic acids is 2. The van der Waals surface area contributed by atoms with E-state index in [1.807, 2.05) is 36.4 Å². The van der Waals surface area contributed by atoms with Crippen molar-refractivity contribution in [3.05, 3.63) is 65.2 Å². The number of halogens is 1. The van der Waals surface area contributed by atoms with Gasteiger partial charge in [0.25, 0.3) is 5.91 Å². The van der Waals surface area contributed by atoms with Gasteiger partial charge in [0.05, 0.1) is 0 Å². The number of anilines is 1. The molecule has 1 saturated carbocycles. The molecule has 7 heteroatoms. The molecule has 35 heavy (non-hydrogen) atoms. The van der Waals surface area contributed by atoms with E-state index in [0.29, 0.717) is 6.54 Å². The second kappa shape index (κ2) is 10.6. The maximum atomic E-state index is 13.6. The van der Waals surface area contributed by atoms with Gasteiger partial charge in [-0.2, -0.15) is 0 Å². The first-order valence-electron chi connectivity index (χ1n) is 13.0. The first kappa shape index (κ1) is 24.1. The summed E-state index contributed by atoms with van der Waals surface area (Å²) in [6.07, 6.45) is 5.54. The number of carbonyl (C=O) groups is 2. The molecule has 186 valence electrons. The summed E-state index contributed by atoms with van der Waals surface area (Å²) in [5.41, 5.74) is 1.56. The Hall–Kier alpha value is -2.57. The number of rotatable bonds is 7. The molecule has 5 rings (SSSR count). The van der Waals surface area contributed by atoms with Gasteiger partial charge in [-0.1, -0.05) is 60.8 Å². The molecule has 0 aromatic heterocycles. The van der Waals surface area contributed by atoms with Crippen LogP contribution in [0, 0.1) is 0 Å². The summed E-state index contributed by atoms with van der Waals surface area (Å²) in [4.78, 5) is 32.8. The molecule has 2 heterocycles. The van der Waals surface area contributed by atoms with Gasteiger partial charge in [-0.25, -0.2) is 4.79 Å². The van der Waals surface area contributed by atoms with Gasteiger partial charge in [0.1, 0.15) is 5.54 Å². The lowest BCUT2D eigenvalue weighted by Crippen LogP contribution is -2.53. The number of nitrogens with zero attached hydrogens (tertiary/aromatic N) is 3. The number of hydrogen-bond donors (Lipinski definition) is 1. The molecule has 2 unspecified atom stereocenters. The molecular weight excluding hydrogens is 460 g/mol. The number of benzene rings is 2. The van der Waals surface area contributed by atoms with Crippen LogP contribution in [-0.2, 0) is 4.79 Å². The molecule has 3 fully saturated rings. The number of amides is 3. The largest absolute Gasteiger partial charge is 0.369 e. The van der Waals surface area contributed by atoms with Gasteiger partial charge in [-0.05, 0) is 56.0 Å². The third-order valence-corrected chi connectivity index (χ3v) is 8.20. The fourth-order valence-corrected chi connectivity index (χ4v) is 6.26. The summed E-state index contributed by atoms with van der Waals surface area (Å²) >= 11 is 6.14. The number of hydrogen-bond acceptors (Lipinski definition) is 4. The molecule has 1 N–H and O–H groups in total. The Labute approximate surface area is 213 Å². The molecule has 3 amide bonds. The lowest BCUT2D eigenvalue weighted by Gasteiger charge is -2.39. The van der Waals surface area contributed by atoms with Gasteiger partial charge in [0.15, 0.2) is 0 Å². The Balaban J connectivity index is 1.11. The Morgan fingerprint density at radius 3 is 2.46 bits per heavy atom. The normalized spacial score (nSPS) is 25.3. The maximum absolute atomic E-state index is 13.6. The van der Waals surface area contributed by atoms with E-state index in [-0.39, 0.29) is 17.9 Å². The molecule has 1 aliphatic carbocycles. The first-order chi connectivity index (χ1) is 17.1. The van der Waals surface area contributed by atoms with Crippen LogP contribution in [0.2, 0.25) is 5.02 Å². The second-order valence-electron chi connectivity index (χ2n) is 10.1. The third kappa shape index (κ3) is 5.05. The van der Waals surface area contributed by atoms with Crippen LogP contribution in [0.5, 0.6) is 0 Å². The average Bonchev–Trinajstić information content (AvgIpc) is 3.12. The molecular formula is C28H35ClN4O2. The number of piperazine rings is 1. The molecule has 1 spiro atoms. The minimum absolute atomic E-state index is 0.0220. The zero-order chi connectivity index (χ0) is 24.3. The standard InChI is InChI=1S/C28H35ClN4O2/c29-23-11-8-12-24(21-23)32-19-17-31(18-20-32)15-6-7-16-33-26(34)28(30-27(33)35)14-5-4-13-25(28)22-9-2-1-3-10-22/h1-3,8-12,21,25H,4-7,13-20H2,(H,30,35). The van der Waals surface area contributed by atoms with Crippen molar-refractivity contribution >= 4 is 29.2 Å². The highest BCUT2D eigenvalue weighted by atomic mass is 35.5. The average molecular weight is 495 g/mol. The second-order valence-corrected chi connectivity index (χ2v) is 10.5. The zero-order valence-corrected chi connectivity index (χ0v) is 21.1. The van der Waals surface area contributed by atoms with E-state index in [4.69, 9.17) is 11.6 Å². The van der Waals surface area contributed by atoms with E-state index in [9.17, 15) is 9.59 Å². The van der Waals surface area contributed by atoms with Crippen LogP contribution in [0.15, 0.2) is 54.6 Å². The van der Waals surface area contributed by atoms with E-state index in [1.54, 1.807) is 0 Å². The molecule has 2 atom stereocenters. The lowest BCUT2D eigenvalue weighted by molar-refractivity contribution is -0.133. The van der Waals surface area contributed by atoms with Crippen LogP contribution in [0.25, 0.3) is 0 Å². The van der Waals surface area contributed by atoms with Crippen molar-refractivity contribution in [2.75, 3.05) is 44.2 Å². The van der Waals surface area contributed by atoms with E-state index in [1.165, 1.54) is 10.6 Å². The van der Waals surface area contributed by atoms with Crippen LogP contribution in [-0.4, -0.2) is 66.5 Å². The van der Waals surface area contributed by atoms with Crippen molar-refractivity contribution in [2.24, 2.45) is 0 Å². The molecule has 2 aliphatic heterocycles. The van der Waals surface area contributed by atoms with Crippen LogP contribution < -0.4 is 10.2 Å². The number of unbranched alkanes of at least 4 members (excludes halogenated alkanes) is 1. The molecule has 2 aromatic carbocycles. The SMILES string of the molecule is O=C1NC2(CCCCC2c2ccccc2)C(=O)N1CCCCN1CCN(c2cccc(Cl)c2)CC1. The minimum Gasteiger partial charge on any atom is -0.369 e. The van der Waals surface area contributed by atoms with Crippen molar-refractivity contribution in [3.8, 4) is 0 Å². The zero-order valence-electron chi connectivity index (χ0n) is 20.3. The fourth-order valence-electron chi connectivity index (χ4n) is 6.07. The molecule has 0 radical (unpaired) electrons. The summed E-state index contributed by atoms with van der Waals surface area (Å²) < 4.78 is 0. The maximum Gasteiger partial charge on any atom is 0.325 e. The van der Waals surface area contributed by atoms with E-state index < -0.39 is 5.54 Å². The van der Waals surface area contributed by atoms with Crippen molar-refractivity contribution in [2.45, 2.75) is 50.0 Å². The van der Waals surface area contributed by atoms with Crippen LogP contribution in [0.3, 0.4) is 0 Å². The number of nitrogens with one attached hydrogen (secondary N) is 1. The highest BCUT2D eigenvalue weighted by molar-refractivity contribution is 6.30. The van der Waals surface area contributed by atoms with Gasteiger partial charge in [-0.15, -0.1) is 0 Å². The van der Waals surface area contributed by atoms with Gasteiger partial charge in [0.2, 0.25) is 0 Å². The van der Waals surface area contributed by atoms with Crippen LogP contribution in [0.1, 0.15) is 50.0 Å².